The number of anilines is 2. The number of aromatic nitrogens is 2. The summed E-state index contributed by atoms with van der Waals surface area (Å²) in [6, 6.07) is 9.65. The maximum atomic E-state index is 13.7. The lowest BCUT2D eigenvalue weighted by Crippen LogP contribution is -2.39. The Morgan fingerprint density at radius 1 is 1.25 bits per heavy atom. The maximum Gasteiger partial charge on any atom is 0.326 e. The average Bonchev–Trinajstić information content (AvgIpc) is 2.68. The number of nitrogens with zero attached hydrogens (tertiary/aromatic N) is 3. The van der Waals surface area contributed by atoms with Crippen molar-refractivity contribution in [3.05, 3.63) is 76.6 Å². The van der Waals surface area contributed by atoms with Crippen LogP contribution in [0.25, 0.3) is 0 Å². The summed E-state index contributed by atoms with van der Waals surface area (Å²) in [5.74, 6) is 0.0746. The molecular formula is C20H16ClFN4O2. The van der Waals surface area contributed by atoms with Gasteiger partial charge in [-0.2, -0.15) is 0 Å². The Hall–Kier alpha value is -3.19. The summed E-state index contributed by atoms with van der Waals surface area (Å²) in [7, 11) is 0. The smallest absolute Gasteiger partial charge is 0.326 e. The van der Waals surface area contributed by atoms with Crippen LogP contribution in [0.1, 0.15) is 16.8 Å². The molecule has 1 N–H and O–H groups in total. The molecule has 3 heterocycles. The van der Waals surface area contributed by atoms with Crippen LogP contribution in [-0.4, -0.2) is 16.0 Å². The van der Waals surface area contributed by atoms with Crippen LogP contribution in [0, 0.1) is 12.7 Å². The number of carbonyl (C=O) groups is 1. The monoisotopic (exact) mass is 398 g/mol. The highest BCUT2D eigenvalue weighted by Gasteiger charge is 2.27. The van der Waals surface area contributed by atoms with Gasteiger partial charge in [-0.05, 0) is 36.8 Å². The molecule has 8 heteroatoms. The Labute approximate surface area is 165 Å². The molecule has 2 aromatic heterocycles. The third kappa shape index (κ3) is 3.48. The molecule has 0 atom stereocenters. The first-order valence-corrected chi connectivity index (χ1v) is 8.95. The number of halogens is 2. The van der Waals surface area contributed by atoms with Crippen molar-refractivity contribution in [2.45, 2.75) is 20.1 Å². The van der Waals surface area contributed by atoms with Crippen molar-refractivity contribution in [2.75, 3.05) is 10.2 Å². The third-order valence-corrected chi connectivity index (χ3v) is 4.81. The lowest BCUT2D eigenvalue weighted by Gasteiger charge is -2.30. The van der Waals surface area contributed by atoms with Crippen molar-refractivity contribution in [3.63, 3.8) is 0 Å². The fraction of sp³-hybridized carbons (Fsp3) is 0.150. The molecule has 0 saturated heterocycles. The van der Waals surface area contributed by atoms with Crippen LogP contribution in [-0.2, 0) is 13.2 Å². The molecule has 28 heavy (non-hydrogen) atoms. The van der Waals surface area contributed by atoms with Crippen LogP contribution in [0.15, 0.2) is 48.8 Å². The quantitative estimate of drug-likeness (QED) is 0.646. The molecule has 2 amide bonds. The van der Waals surface area contributed by atoms with Crippen molar-refractivity contribution in [2.24, 2.45) is 0 Å². The standard InChI is InChI=1S/C20H16ClFN4O2/c1-12-4-5-13(28-11-17-15(22)3-2-7-23-17)9-18(12)26-10-14-16(25-20(26)27)6-8-24-19(14)21/h2-9H,10-11H2,1H3,(H,25,27). The first kappa shape index (κ1) is 18.2. The number of hydrogen-bond donors (Lipinski definition) is 1. The predicted octanol–water partition coefficient (Wildman–Crippen LogP) is 4.71. The lowest BCUT2D eigenvalue weighted by atomic mass is 10.1. The zero-order valence-corrected chi connectivity index (χ0v) is 15.7. The number of benzene rings is 1. The third-order valence-electron chi connectivity index (χ3n) is 4.49. The first-order chi connectivity index (χ1) is 13.5. The summed E-state index contributed by atoms with van der Waals surface area (Å²) >= 11 is 6.19. The minimum Gasteiger partial charge on any atom is -0.487 e. The number of pyridine rings is 2. The van der Waals surface area contributed by atoms with Gasteiger partial charge < -0.3 is 10.1 Å². The number of rotatable bonds is 4. The van der Waals surface area contributed by atoms with Crippen molar-refractivity contribution >= 4 is 29.0 Å². The fourth-order valence-corrected chi connectivity index (χ4v) is 3.21. The van der Waals surface area contributed by atoms with E-state index in [0.29, 0.717) is 22.3 Å². The van der Waals surface area contributed by atoms with Crippen LogP contribution in [0.3, 0.4) is 0 Å². The van der Waals surface area contributed by atoms with Crippen molar-refractivity contribution in [3.8, 4) is 5.75 Å². The van der Waals surface area contributed by atoms with E-state index in [0.717, 1.165) is 11.1 Å². The highest BCUT2D eigenvalue weighted by Crippen LogP contribution is 2.34. The van der Waals surface area contributed by atoms with Crippen molar-refractivity contribution in [1.82, 2.24) is 9.97 Å². The molecular weight excluding hydrogens is 383 g/mol. The molecule has 1 aliphatic heterocycles. The number of ether oxygens (including phenoxy) is 1. The molecule has 1 aliphatic rings. The number of aryl methyl sites for hydroxylation is 1. The molecule has 4 rings (SSSR count). The number of hydrogen-bond acceptors (Lipinski definition) is 4. The highest BCUT2D eigenvalue weighted by atomic mass is 35.5. The van der Waals surface area contributed by atoms with Gasteiger partial charge >= 0.3 is 6.03 Å². The highest BCUT2D eigenvalue weighted by molar-refractivity contribution is 6.31. The molecule has 0 unspecified atom stereocenters. The predicted molar refractivity (Wildman–Crippen MR) is 104 cm³/mol. The second-order valence-electron chi connectivity index (χ2n) is 6.31. The summed E-state index contributed by atoms with van der Waals surface area (Å²) in [6.07, 6.45) is 3.06. The van der Waals surface area contributed by atoms with Crippen LogP contribution < -0.4 is 15.0 Å². The van der Waals surface area contributed by atoms with Gasteiger partial charge in [0.05, 0.1) is 17.9 Å². The van der Waals surface area contributed by atoms with E-state index in [-0.39, 0.29) is 24.9 Å². The summed E-state index contributed by atoms with van der Waals surface area (Å²) in [6.45, 7) is 2.16. The van der Waals surface area contributed by atoms with Gasteiger partial charge in [0.1, 0.15) is 29.0 Å². The van der Waals surface area contributed by atoms with E-state index in [9.17, 15) is 9.18 Å². The van der Waals surface area contributed by atoms with E-state index in [4.69, 9.17) is 16.3 Å². The fourth-order valence-electron chi connectivity index (χ4n) is 2.99. The molecule has 142 valence electrons. The lowest BCUT2D eigenvalue weighted by molar-refractivity contribution is 0.256. The Kier molecular flexibility index (Phi) is 4.83. The molecule has 0 radical (unpaired) electrons. The van der Waals surface area contributed by atoms with E-state index in [1.165, 1.54) is 18.3 Å². The molecule has 0 saturated carbocycles. The average molecular weight is 399 g/mol. The molecule has 6 nitrogen and oxygen atoms in total. The van der Waals surface area contributed by atoms with Gasteiger partial charge in [0.2, 0.25) is 0 Å². The Balaban J connectivity index is 1.60. The molecule has 3 aromatic rings. The summed E-state index contributed by atoms with van der Waals surface area (Å²) < 4.78 is 19.4. The van der Waals surface area contributed by atoms with Gasteiger partial charge in [-0.15, -0.1) is 0 Å². The minimum absolute atomic E-state index is 0.0139. The number of amides is 2. The van der Waals surface area contributed by atoms with Gasteiger partial charge in [-0.3, -0.25) is 9.88 Å². The van der Waals surface area contributed by atoms with E-state index in [1.54, 1.807) is 29.3 Å². The normalized spacial score (nSPS) is 13.1. The topological polar surface area (TPSA) is 67.3 Å². The van der Waals surface area contributed by atoms with Gasteiger partial charge in [-0.25, -0.2) is 14.2 Å². The van der Waals surface area contributed by atoms with Gasteiger partial charge in [0.15, 0.2) is 0 Å². The number of nitrogens with one attached hydrogen (secondary N) is 1. The molecule has 0 fully saturated rings. The zero-order chi connectivity index (χ0) is 19.7. The summed E-state index contributed by atoms with van der Waals surface area (Å²) in [4.78, 5) is 22.2. The van der Waals surface area contributed by atoms with E-state index < -0.39 is 5.82 Å². The second-order valence-corrected chi connectivity index (χ2v) is 6.67. The minimum atomic E-state index is -0.427. The first-order valence-electron chi connectivity index (χ1n) is 8.57. The van der Waals surface area contributed by atoms with Gasteiger partial charge in [0.25, 0.3) is 0 Å². The van der Waals surface area contributed by atoms with Gasteiger partial charge in [0, 0.05) is 24.0 Å². The molecule has 0 spiro atoms. The van der Waals surface area contributed by atoms with Crippen LogP contribution >= 0.6 is 11.6 Å². The van der Waals surface area contributed by atoms with Crippen molar-refractivity contribution in [1.29, 1.82) is 0 Å². The summed E-state index contributed by atoms with van der Waals surface area (Å²) in [5.41, 5.74) is 3.16. The maximum absolute atomic E-state index is 13.7. The van der Waals surface area contributed by atoms with E-state index >= 15 is 0 Å². The van der Waals surface area contributed by atoms with Gasteiger partial charge in [-0.1, -0.05) is 17.7 Å². The SMILES string of the molecule is Cc1ccc(OCc2ncccc2F)cc1N1Cc2c(ccnc2Cl)NC1=O. The zero-order valence-electron chi connectivity index (χ0n) is 14.9. The Morgan fingerprint density at radius 2 is 2.11 bits per heavy atom. The molecule has 0 aliphatic carbocycles. The molecule has 1 aromatic carbocycles. The summed E-state index contributed by atoms with van der Waals surface area (Å²) in [5, 5.41) is 3.17. The molecule has 0 bridgehead atoms. The Bertz CT molecular complexity index is 1060. The van der Waals surface area contributed by atoms with Crippen LogP contribution in [0.5, 0.6) is 5.75 Å². The van der Waals surface area contributed by atoms with Crippen molar-refractivity contribution < 1.29 is 13.9 Å². The second kappa shape index (κ2) is 7.44. The number of fused-ring (bicyclic) bond motifs is 1. The number of carbonyl (C=O) groups excluding carboxylic acids is 1. The Morgan fingerprint density at radius 3 is 2.93 bits per heavy atom. The van der Waals surface area contributed by atoms with E-state index in [1.807, 2.05) is 13.0 Å². The van der Waals surface area contributed by atoms with Crippen LogP contribution in [0.2, 0.25) is 5.15 Å². The largest absolute Gasteiger partial charge is 0.487 e. The van der Waals surface area contributed by atoms with E-state index in [2.05, 4.69) is 15.3 Å². The number of urea groups is 1. The van der Waals surface area contributed by atoms with Crippen LogP contribution in [0.4, 0.5) is 20.6 Å².